The van der Waals surface area contributed by atoms with E-state index in [9.17, 15) is 13.6 Å². The minimum absolute atomic E-state index is 0.165. The van der Waals surface area contributed by atoms with Crippen LogP contribution in [0.25, 0.3) is 10.8 Å². The van der Waals surface area contributed by atoms with Crippen LogP contribution in [0.5, 0.6) is 5.75 Å². The van der Waals surface area contributed by atoms with E-state index < -0.39 is 17.7 Å². The van der Waals surface area contributed by atoms with Crippen molar-refractivity contribution in [2.75, 3.05) is 6.61 Å². The van der Waals surface area contributed by atoms with Crippen molar-refractivity contribution in [1.82, 2.24) is 5.32 Å². The molecule has 3 rings (SSSR count). The van der Waals surface area contributed by atoms with Crippen LogP contribution in [0.2, 0.25) is 0 Å². The molecule has 0 heterocycles. The summed E-state index contributed by atoms with van der Waals surface area (Å²) in [5.41, 5.74) is 0.484. The molecule has 0 aromatic heterocycles. The predicted molar refractivity (Wildman–Crippen MR) is 92.4 cm³/mol. The van der Waals surface area contributed by atoms with E-state index in [4.69, 9.17) is 4.74 Å². The number of hydrogen-bond acceptors (Lipinski definition) is 2. The molecule has 0 bridgehead atoms. The molecule has 0 aliphatic rings. The Kier molecular flexibility index (Phi) is 4.93. The van der Waals surface area contributed by atoms with E-state index in [0.717, 1.165) is 22.9 Å². The van der Waals surface area contributed by atoms with Gasteiger partial charge in [0, 0.05) is 5.39 Å². The zero-order valence-corrected chi connectivity index (χ0v) is 13.6. The Morgan fingerprint density at radius 1 is 1.04 bits per heavy atom. The molecule has 1 unspecified atom stereocenters. The van der Waals surface area contributed by atoms with Crippen LogP contribution in [0.3, 0.4) is 0 Å². The molecular weight excluding hydrogens is 324 g/mol. The van der Waals surface area contributed by atoms with Crippen LogP contribution in [0.15, 0.2) is 60.7 Å². The zero-order valence-electron chi connectivity index (χ0n) is 13.6. The Morgan fingerprint density at radius 2 is 1.80 bits per heavy atom. The van der Waals surface area contributed by atoms with E-state index in [1.807, 2.05) is 36.4 Å². The highest BCUT2D eigenvalue weighted by Crippen LogP contribution is 2.25. The van der Waals surface area contributed by atoms with Crippen molar-refractivity contribution in [3.8, 4) is 5.75 Å². The highest BCUT2D eigenvalue weighted by atomic mass is 19.2. The second-order valence-corrected chi connectivity index (χ2v) is 5.73. The number of halogens is 2. The lowest BCUT2D eigenvalue weighted by Gasteiger charge is -2.15. The van der Waals surface area contributed by atoms with E-state index in [0.29, 0.717) is 11.3 Å². The first-order chi connectivity index (χ1) is 12.0. The summed E-state index contributed by atoms with van der Waals surface area (Å²) in [6.07, 6.45) is 0. The monoisotopic (exact) mass is 341 g/mol. The normalized spacial score (nSPS) is 12.0. The molecule has 3 nitrogen and oxygen atoms in total. The van der Waals surface area contributed by atoms with E-state index in [1.165, 1.54) is 6.07 Å². The van der Waals surface area contributed by atoms with Crippen molar-refractivity contribution < 1.29 is 18.3 Å². The van der Waals surface area contributed by atoms with E-state index >= 15 is 0 Å². The summed E-state index contributed by atoms with van der Waals surface area (Å²) in [6.45, 7) is 1.53. The largest absolute Gasteiger partial charge is 0.483 e. The van der Waals surface area contributed by atoms with Gasteiger partial charge in [-0.1, -0.05) is 42.5 Å². The number of hydrogen-bond donors (Lipinski definition) is 1. The van der Waals surface area contributed by atoms with Gasteiger partial charge >= 0.3 is 0 Å². The van der Waals surface area contributed by atoms with Gasteiger partial charge in [-0.3, -0.25) is 4.79 Å². The standard InChI is InChI=1S/C20H17F2NO2/c1-13(15-9-10-17(21)18(22)11-15)23-20(24)12-25-19-8-4-6-14-5-2-3-7-16(14)19/h2-11,13H,12H2,1H3,(H,23,24). The van der Waals surface area contributed by atoms with Crippen molar-refractivity contribution in [3.05, 3.63) is 77.9 Å². The maximum atomic E-state index is 13.3. The third-order valence-electron chi connectivity index (χ3n) is 3.93. The highest BCUT2D eigenvalue weighted by Gasteiger charge is 2.13. The van der Waals surface area contributed by atoms with Crippen LogP contribution in [0, 0.1) is 11.6 Å². The quantitative estimate of drug-likeness (QED) is 0.748. The molecule has 128 valence electrons. The number of carbonyl (C=O) groups is 1. The zero-order chi connectivity index (χ0) is 17.8. The van der Waals surface area contributed by atoms with Gasteiger partial charge in [-0.2, -0.15) is 0 Å². The van der Waals surface area contributed by atoms with Gasteiger partial charge in [0.05, 0.1) is 6.04 Å². The summed E-state index contributed by atoms with van der Waals surface area (Å²) in [5, 5.41) is 4.65. The van der Waals surface area contributed by atoms with Gasteiger partial charge in [0.1, 0.15) is 5.75 Å². The lowest BCUT2D eigenvalue weighted by atomic mass is 10.1. The maximum absolute atomic E-state index is 13.3. The minimum atomic E-state index is -0.939. The molecule has 1 atom stereocenters. The molecule has 1 N–H and O–H groups in total. The topological polar surface area (TPSA) is 38.3 Å². The third-order valence-corrected chi connectivity index (χ3v) is 3.93. The van der Waals surface area contributed by atoms with Gasteiger partial charge in [0.2, 0.25) is 0 Å². The van der Waals surface area contributed by atoms with Gasteiger partial charge < -0.3 is 10.1 Å². The van der Waals surface area contributed by atoms with Gasteiger partial charge in [0.25, 0.3) is 5.91 Å². The molecule has 0 fully saturated rings. The smallest absolute Gasteiger partial charge is 0.258 e. The SMILES string of the molecule is CC(NC(=O)COc1cccc2ccccc12)c1ccc(F)c(F)c1. The molecule has 0 spiro atoms. The predicted octanol–water partition coefficient (Wildman–Crippen LogP) is 4.37. The van der Waals surface area contributed by atoms with E-state index in [1.54, 1.807) is 13.0 Å². The second kappa shape index (κ2) is 7.30. The Labute approximate surface area is 144 Å². The third kappa shape index (κ3) is 3.94. The van der Waals surface area contributed by atoms with Crippen LogP contribution in [0.1, 0.15) is 18.5 Å². The number of benzene rings is 3. The van der Waals surface area contributed by atoms with Gasteiger partial charge in [-0.05, 0) is 36.1 Å². The van der Waals surface area contributed by atoms with Crippen LogP contribution in [-0.2, 0) is 4.79 Å². The lowest BCUT2D eigenvalue weighted by Crippen LogP contribution is -2.31. The first-order valence-electron chi connectivity index (χ1n) is 7.89. The number of rotatable bonds is 5. The first-order valence-corrected chi connectivity index (χ1v) is 7.89. The molecule has 25 heavy (non-hydrogen) atoms. The maximum Gasteiger partial charge on any atom is 0.258 e. The fourth-order valence-corrected chi connectivity index (χ4v) is 2.61. The molecule has 0 aliphatic heterocycles. The van der Waals surface area contributed by atoms with Crippen molar-refractivity contribution >= 4 is 16.7 Å². The summed E-state index contributed by atoms with van der Waals surface area (Å²) in [4.78, 5) is 12.1. The lowest BCUT2D eigenvalue weighted by molar-refractivity contribution is -0.123. The van der Waals surface area contributed by atoms with Gasteiger partial charge in [0.15, 0.2) is 18.2 Å². The molecule has 1 amide bonds. The number of amides is 1. The van der Waals surface area contributed by atoms with Crippen LogP contribution >= 0.6 is 0 Å². The molecule has 5 heteroatoms. The average molecular weight is 341 g/mol. The molecule has 0 aliphatic carbocycles. The van der Waals surface area contributed by atoms with Crippen molar-refractivity contribution in [2.24, 2.45) is 0 Å². The Hall–Kier alpha value is -2.95. The highest BCUT2D eigenvalue weighted by molar-refractivity contribution is 5.88. The van der Waals surface area contributed by atoms with Gasteiger partial charge in [-0.15, -0.1) is 0 Å². The van der Waals surface area contributed by atoms with Crippen molar-refractivity contribution in [3.63, 3.8) is 0 Å². The van der Waals surface area contributed by atoms with E-state index in [-0.39, 0.29) is 12.5 Å². The number of ether oxygens (including phenoxy) is 1. The van der Waals surface area contributed by atoms with Crippen LogP contribution in [0.4, 0.5) is 8.78 Å². The Bertz CT molecular complexity index is 906. The van der Waals surface area contributed by atoms with Gasteiger partial charge in [-0.25, -0.2) is 8.78 Å². The van der Waals surface area contributed by atoms with Crippen LogP contribution in [-0.4, -0.2) is 12.5 Å². The van der Waals surface area contributed by atoms with Crippen LogP contribution < -0.4 is 10.1 Å². The van der Waals surface area contributed by atoms with Crippen molar-refractivity contribution in [1.29, 1.82) is 0 Å². The summed E-state index contributed by atoms with van der Waals surface area (Å²) >= 11 is 0. The molecule has 3 aromatic rings. The average Bonchev–Trinajstić information content (AvgIpc) is 2.62. The summed E-state index contributed by atoms with van der Waals surface area (Å²) < 4.78 is 31.9. The summed E-state index contributed by atoms with van der Waals surface area (Å²) in [5.74, 6) is -1.58. The molecule has 3 aromatic carbocycles. The summed E-state index contributed by atoms with van der Waals surface area (Å²) in [7, 11) is 0. The number of nitrogens with one attached hydrogen (secondary N) is 1. The second-order valence-electron chi connectivity index (χ2n) is 5.73. The minimum Gasteiger partial charge on any atom is -0.483 e. The fourth-order valence-electron chi connectivity index (χ4n) is 2.61. The number of carbonyl (C=O) groups excluding carboxylic acids is 1. The van der Waals surface area contributed by atoms with Crippen molar-refractivity contribution in [2.45, 2.75) is 13.0 Å². The Morgan fingerprint density at radius 3 is 2.60 bits per heavy atom. The molecule has 0 saturated carbocycles. The molecular formula is C20H17F2NO2. The summed E-state index contributed by atoms with van der Waals surface area (Å²) in [6, 6.07) is 16.4. The fraction of sp³-hybridized carbons (Fsp3) is 0.150. The number of fused-ring (bicyclic) bond motifs is 1. The molecule has 0 radical (unpaired) electrons. The van der Waals surface area contributed by atoms with E-state index in [2.05, 4.69) is 5.32 Å². The first kappa shape index (κ1) is 16.9. The Balaban J connectivity index is 1.63. The molecule has 0 saturated heterocycles.